The maximum absolute atomic E-state index is 12.9. The molecule has 2 N–H and O–H groups in total. The van der Waals surface area contributed by atoms with E-state index in [1.165, 1.54) is 25.7 Å². The van der Waals surface area contributed by atoms with Gasteiger partial charge in [0.25, 0.3) is 0 Å². The lowest BCUT2D eigenvalue weighted by Crippen LogP contribution is -2.29. The molecule has 8 nitrogen and oxygen atoms in total. The summed E-state index contributed by atoms with van der Waals surface area (Å²) in [6.45, 7) is 10.7. The number of carbonyl (C=O) groups is 2. The predicted molar refractivity (Wildman–Crippen MR) is 190 cm³/mol. The van der Waals surface area contributed by atoms with Crippen LogP contribution in [0.2, 0.25) is 0 Å². The van der Waals surface area contributed by atoms with E-state index >= 15 is 0 Å². The van der Waals surface area contributed by atoms with Crippen LogP contribution in [0.15, 0.2) is 84.9 Å². The molecule has 0 aromatic heterocycles. The van der Waals surface area contributed by atoms with Crippen molar-refractivity contribution < 1.29 is 38.6 Å². The van der Waals surface area contributed by atoms with Crippen molar-refractivity contribution in [3.63, 3.8) is 0 Å². The quantitative estimate of drug-likeness (QED) is 0.0546. The number of rotatable bonds is 16. The zero-order valence-electron chi connectivity index (χ0n) is 28.7. The molecule has 254 valence electrons. The number of hydrogen-bond donors (Lipinski definition) is 2. The average Bonchev–Trinajstić information content (AvgIpc) is 3.11. The highest BCUT2D eigenvalue weighted by atomic mass is 16.5. The molecule has 0 saturated carbocycles. The van der Waals surface area contributed by atoms with Crippen LogP contribution in [-0.2, 0) is 6.61 Å². The average molecular weight is 655 g/mol. The number of unbranched alkanes of at least 4 members (excludes halogenated alkanes) is 5. The van der Waals surface area contributed by atoms with Crippen LogP contribution >= 0.6 is 0 Å². The van der Waals surface area contributed by atoms with Gasteiger partial charge < -0.3 is 29.0 Å². The van der Waals surface area contributed by atoms with Crippen molar-refractivity contribution in [3.05, 3.63) is 113 Å². The van der Waals surface area contributed by atoms with Crippen LogP contribution in [0.1, 0.15) is 96.7 Å². The fourth-order valence-corrected chi connectivity index (χ4v) is 4.71. The summed E-state index contributed by atoms with van der Waals surface area (Å²) >= 11 is 0. The van der Waals surface area contributed by atoms with Gasteiger partial charge in [-0.05, 0) is 103 Å². The third-order valence-electron chi connectivity index (χ3n) is 7.72. The van der Waals surface area contributed by atoms with E-state index in [0.717, 1.165) is 24.2 Å². The Hall–Kier alpha value is -4.60. The largest absolute Gasteiger partial charge is 0.494 e. The minimum atomic E-state index is -1.51. The summed E-state index contributed by atoms with van der Waals surface area (Å²) in [5.41, 5.74) is 3.37. The SMILES string of the molecule is CC.CCCCCCCCOc1ccc(C(=O)Oc2ccc(OC(=O)c3ccc(OCc4ccc(B(O)O)cc4)cc3)c(C)c2C)cc1. The van der Waals surface area contributed by atoms with Gasteiger partial charge in [0.05, 0.1) is 17.7 Å². The number of hydrogen-bond acceptors (Lipinski definition) is 8. The first-order valence-electron chi connectivity index (χ1n) is 16.7. The standard InChI is InChI=1S/C37H41BO8.C2H6/c1-4-5-6-7-8-9-24-43-32-18-12-29(13-19-32)36(39)45-34-22-23-35(27(3)26(34)2)46-37(40)30-14-20-33(21-15-30)44-25-28-10-16-31(17-11-28)38(41)42;1-2/h10-23,41-42H,4-9,24-25H2,1-3H3;1-2H3. The number of benzene rings is 4. The molecule has 0 atom stereocenters. The van der Waals surface area contributed by atoms with E-state index in [9.17, 15) is 19.6 Å². The number of esters is 2. The molecule has 4 rings (SSSR count). The molecular formula is C39H47BO8. The summed E-state index contributed by atoms with van der Waals surface area (Å²) in [4.78, 5) is 25.7. The van der Waals surface area contributed by atoms with Gasteiger partial charge in [0.1, 0.15) is 29.6 Å². The lowest BCUT2D eigenvalue weighted by Gasteiger charge is -2.14. The topological polar surface area (TPSA) is 112 Å². The fraction of sp³-hybridized carbons (Fsp3) is 0.333. The minimum absolute atomic E-state index is 0.278. The van der Waals surface area contributed by atoms with Gasteiger partial charge >= 0.3 is 19.1 Å². The molecule has 4 aromatic carbocycles. The van der Waals surface area contributed by atoms with Crippen LogP contribution in [-0.4, -0.2) is 35.7 Å². The van der Waals surface area contributed by atoms with Crippen molar-refractivity contribution in [1.29, 1.82) is 0 Å². The molecule has 9 heteroatoms. The number of carbonyl (C=O) groups excluding carboxylic acids is 2. The van der Waals surface area contributed by atoms with E-state index in [1.54, 1.807) is 98.8 Å². The van der Waals surface area contributed by atoms with Crippen molar-refractivity contribution in [2.45, 2.75) is 79.8 Å². The normalized spacial score (nSPS) is 10.4. The van der Waals surface area contributed by atoms with Crippen molar-refractivity contribution in [3.8, 4) is 23.0 Å². The summed E-state index contributed by atoms with van der Waals surface area (Å²) in [7, 11) is -1.51. The second kappa shape index (κ2) is 19.9. The monoisotopic (exact) mass is 654 g/mol. The lowest BCUT2D eigenvalue weighted by atomic mass is 9.80. The Morgan fingerprint density at radius 2 is 1.06 bits per heavy atom. The first kappa shape index (κ1) is 37.9. The van der Waals surface area contributed by atoms with E-state index in [-0.39, 0.29) is 6.61 Å². The second-order valence-electron chi connectivity index (χ2n) is 11.2. The van der Waals surface area contributed by atoms with Crippen molar-refractivity contribution in [2.75, 3.05) is 6.61 Å². The fourth-order valence-electron chi connectivity index (χ4n) is 4.71. The van der Waals surface area contributed by atoms with Crippen molar-refractivity contribution in [2.24, 2.45) is 0 Å². The van der Waals surface area contributed by atoms with Gasteiger partial charge in [0.2, 0.25) is 0 Å². The van der Waals surface area contributed by atoms with Crippen LogP contribution in [0, 0.1) is 13.8 Å². The zero-order chi connectivity index (χ0) is 34.9. The molecule has 0 amide bonds. The van der Waals surface area contributed by atoms with Crippen LogP contribution in [0.3, 0.4) is 0 Å². The molecule has 0 radical (unpaired) electrons. The lowest BCUT2D eigenvalue weighted by molar-refractivity contribution is 0.0717. The third kappa shape index (κ3) is 11.6. The van der Waals surface area contributed by atoms with Crippen LogP contribution in [0.4, 0.5) is 0 Å². The highest BCUT2D eigenvalue weighted by molar-refractivity contribution is 6.58. The molecule has 0 heterocycles. The van der Waals surface area contributed by atoms with E-state index < -0.39 is 19.1 Å². The molecule has 0 aliphatic rings. The predicted octanol–water partition coefficient (Wildman–Crippen LogP) is 7.77. The van der Waals surface area contributed by atoms with Crippen LogP contribution in [0.25, 0.3) is 0 Å². The van der Waals surface area contributed by atoms with Gasteiger partial charge in [-0.25, -0.2) is 9.59 Å². The van der Waals surface area contributed by atoms with Gasteiger partial charge in [-0.3, -0.25) is 0 Å². The van der Waals surface area contributed by atoms with E-state index in [1.807, 2.05) is 13.8 Å². The van der Waals surface area contributed by atoms with Crippen molar-refractivity contribution >= 4 is 24.5 Å². The molecule has 0 spiro atoms. The Balaban J connectivity index is 0.00000307. The van der Waals surface area contributed by atoms with Gasteiger partial charge in [-0.2, -0.15) is 0 Å². The molecule has 0 unspecified atom stereocenters. The van der Waals surface area contributed by atoms with E-state index in [2.05, 4.69) is 6.92 Å². The van der Waals surface area contributed by atoms with Gasteiger partial charge in [0, 0.05) is 0 Å². The molecule has 0 fully saturated rings. The summed E-state index contributed by atoms with van der Waals surface area (Å²) in [5.74, 6) is 1.02. The summed E-state index contributed by atoms with van der Waals surface area (Å²) in [6, 6.07) is 23.5. The van der Waals surface area contributed by atoms with Gasteiger partial charge in [0.15, 0.2) is 0 Å². The highest BCUT2D eigenvalue weighted by Gasteiger charge is 2.17. The van der Waals surface area contributed by atoms with E-state index in [0.29, 0.717) is 51.6 Å². The second-order valence-corrected chi connectivity index (χ2v) is 11.2. The minimum Gasteiger partial charge on any atom is -0.494 e. The third-order valence-corrected chi connectivity index (χ3v) is 7.72. The van der Waals surface area contributed by atoms with Crippen molar-refractivity contribution in [1.82, 2.24) is 0 Å². The Morgan fingerprint density at radius 3 is 1.54 bits per heavy atom. The van der Waals surface area contributed by atoms with Crippen LogP contribution < -0.4 is 24.4 Å². The first-order valence-corrected chi connectivity index (χ1v) is 16.7. The number of ether oxygens (including phenoxy) is 4. The smallest absolute Gasteiger partial charge is 0.488 e. The van der Waals surface area contributed by atoms with Gasteiger partial charge in [-0.15, -0.1) is 0 Å². The molecule has 0 bridgehead atoms. The Kier molecular flexibility index (Phi) is 15.7. The van der Waals surface area contributed by atoms with Crippen LogP contribution in [0.5, 0.6) is 23.0 Å². The summed E-state index contributed by atoms with van der Waals surface area (Å²) in [5, 5.41) is 18.4. The maximum atomic E-state index is 12.9. The maximum Gasteiger partial charge on any atom is 0.488 e. The molecule has 0 saturated heterocycles. The summed E-state index contributed by atoms with van der Waals surface area (Å²) in [6.07, 6.45) is 7.18. The molecule has 48 heavy (non-hydrogen) atoms. The summed E-state index contributed by atoms with van der Waals surface area (Å²) < 4.78 is 22.9. The Morgan fingerprint density at radius 1 is 0.604 bits per heavy atom. The molecule has 0 aliphatic heterocycles. The molecular weight excluding hydrogens is 607 g/mol. The van der Waals surface area contributed by atoms with Gasteiger partial charge in [-0.1, -0.05) is 77.1 Å². The highest BCUT2D eigenvalue weighted by Crippen LogP contribution is 2.30. The zero-order valence-corrected chi connectivity index (χ0v) is 28.7. The Bertz CT molecular complexity index is 1570. The molecule has 4 aromatic rings. The first-order chi connectivity index (χ1) is 23.2. The van der Waals surface area contributed by atoms with E-state index in [4.69, 9.17) is 18.9 Å². The molecule has 0 aliphatic carbocycles. The Labute approximate surface area is 284 Å².